The SMILES string of the molecule is CCCC1(C(=O)O)CCCN(C(=O)C2(C)CCCCN2)C1. The van der Waals surface area contributed by atoms with Crippen molar-refractivity contribution in [3.05, 3.63) is 0 Å². The molecule has 2 N–H and O–H groups in total. The van der Waals surface area contributed by atoms with Crippen LogP contribution in [-0.4, -0.2) is 47.1 Å². The average molecular weight is 296 g/mol. The minimum absolute atomic E-state index is 0.0867. The Bertz CT molecular complexity index is 400. The first-order valence-electron chi connectivity index (χ1n) is 8.21. The van der Waals surface area contributed by atoms with Gasteiger partial charge in [-0.3, -0.25) is 9.59 Å². The van der Waals surface area contributed by atoms with Gasteiger partial charge in [-0.25, -0.2) is 0 Å². The Morgan fingerprint density at radius 3 is 2.57 bits per heavy atom. The fourth-order valence-electron chi connectivity index (χ4n) is 3.86. The Morgan fingerprint density at radius 2 is 2.00 bits per heavy atom. The van der Waals surface area contributed by atoms with Crippen LogP contribution < -0.4 is 5.32 Å². The topological polar surface area (TPSA) is 69.6 Å². The van der Waals surface area contributed by atoms with E-state index in [-0.39, 0.29) is 5.91 Å². The van der Waals surface area contributed by atoms with Crippen LogP contribution in [0.3, 0.4) is 0 Å². The molecule has 2 atom stereocenters. The Labute approximate surface area is 127 Å². The van der Waals surface area contributed by atoms with Crippen LogP contribution in [-0.2, 0) is 9.59 Å². The molecular weight excluding hydrogens is 268 g/mol. The first-order chi connectivity index (χ1) is 9.93. The summed E-state index contributed by atoms with van der Waals surface area (Å²) in [4.78, 5) is 26.4. The van der Waals surface area contributed by atoms with E-state index in [2.05, 4.69) is 5.32 Å². The number of nitrogens with zero attached hydrogens (tertiary/aromatic N) is 1. The Morgan fingerprint density at radius 1 is 1.24 bits per heavy atom. The smallest absolute Gasteiger partial charge is 0.311 e. The van der Waals surface area contributed by atoms with Gasteiger partial charge in [0, 0.05) is 13.1 Å². The van der Waals surface area contributed by atoms with Gasteiger partial charge in [-0.2, -0.15) is 0 Å². The standard InChI is InChI=1S/C16H28N2O3/c1-3-7-16(14(20)21)9-6-11-18(12-16)13(19)15(2)8-4-5-10-17-15/h17H,3-12H2,1-2H3,(H,20,21). The van der Waals surface area contributed by atoms with Gasteiger partial charge in [0.1, 0.15) is 0 Å². The molecule has 5 nitrogen and oxygen atoms in total. The number of piperidine rings is 2. The monoisotopic (exact) mass is 296 g/mol. The largest absolute Gasteiger partial charge is 0.481 e. The van der Waals surface area contributed by atoms with Gasteiger partial charge in [0.2, 0.25) is 5.91 Å². The number of carbonyl (C=O) groups excluding carboxylic acids is 1. The highest BCUT2D eigenvalue weighted by molar-refractivity contribution is 5.87. The second-order valence-electron chi connectivity index (χ2n) is 6.88. The number of carbonyl (C=O) groups is 2. The lowest BCUT2D eigenvalue weighted by atomic mass is 9.75. The third kappa shape index (κ3) is 3.23. The highest BCUT2D eigenvalue weighted by Gasteiger charge is 2.46. The van der Waals surface area contributed by atoms with Gasteiger partial charge >= 0.3 is 5.97 Å². The van der Waals surface area contributed by atoms with Gasteiger partial charge in [-0.15, -0.1) is 0 Å². The van der Waals surface area contributed by atoms with Crippen LogP contribution in [0.2, 0.25) is 0 Å². The highest BCUT2D eigenvalue weighted by atomic mass is 16.4. The van der Waals surface area contributed by atoms with Gasteiger partial charge in [0.05, 0.1) is 11.0 Å². The Balaban J connectivity index is 2.12. The van der Waals surface area contributed by atoms with E-state index in [1.807, 2.05) is 13.8 Å². The summed E-state index contributed by atoms with van der Waals surface area (Å²) < 4.78 is 0. The molecular formula is C16H28N2O3. The van der Waals surface area contributed by atoms with Crippen LogP contribution in [0.5, 0.6) is 0 Å². The summed E-state index contributed by atoms with van der Waals surface area (Å²) in [5.41, 5.74) is -1.25. The molecule has 2 fully saturated rings. The maximum absolute atomic E-state index is 12.9. The molecule has 2 aliphatic heterocycles. The molecule has 0 aliphatic carbocycles. The van der Waals surface area contributed by atoms with Crippen molar-refractivity contribution >= 4 is 11.9 Å². The molecule has 2 heterocycles. The molecule has 21 heavy (non-hydrogen) atoms. The highest BCUT2D eigenvalue weighted by Crippen LogP contribution is 2.36. The number of hydrogen-bond acceptors (Lipinski definition) is 3. The Kier molecular flexibility index (Phi) is 4.91. The molecule has 2 saturated heterocycles. The zero-order chi connectivity index (χ0) is 15.5. The van der Waals surface area contributed by atoms with Crippen molar-refractivity contribution in [1.82, 2.24) is 10.2 Å². The summed E-state index contributed by atoms with van der Waals surface area (Å²) in [5, 5.41) is 13.0. The van der Waals surface area contributed by atoms with Crippen molar-refractivity contribution in [2.45, 2.75) is 64.3 Å². The lowest BCUT2D eigenvalue weighted by Crippen LogP contribution is -2.61. The summed E-state index contributed by atoms with van der Waals surface area (Å²) in [6.07, 6.45) is 5.97. The molecule has 0 spiro atoms. The number of nitrogens with one attached hydrogen (secondary N) is 1. The Hall–Kier alpha value is -1.10. The molecule has 120 valence electrons. The molecule has 0 aromatic heterocycles. The van der Waals surface area contributed by atoms with E-state index in [1.165, 1.54) is 0 Å². The molecule has 0 radical (unpaired) electrons. The molecule has 0 aromatic rings. The van der Waals surface area contributed by atoms with Crippen molar-refractivity contribution in [1.29, 1.82) is 0 Å². The van der Waals surface area contributed by atoms with Gasteiger partial charge in [0.15, 0.2) is 0 Å². The fourth-order valence-corrected chi connectivity index (χ4v) is 3.86. The lowest BCUT2D eigenvalue weighted by molar-refractivity contribution is -0.157. The first kappa shape index (κ1) is 16.3. The molecule has 2 rings (SSSR count). The van der Waals surface area contributed by atoms with Crippen LogP contribution in [0.4, 0.5) is 0 Å². The maximum atomic E-state index is 12.9. The normalized spacial score (nSPS) is 33.7. The number of hydrogen-bond donors (Lipinski definition) is 2. The summed E-state index contributed by atoms with van der Waals surface area (Å²) in [6.45, 7) is 5.90. The van der Waals surface area contributed by atoms with Crippen LogP contribution in [0.1, 0.15) is 58.8 Å². The molecule has 0 saturated carbocycles. The third-order valence-electron chi connectivity index (χ3n) is 5.14. The van der Waals surface area contributed by atoms with Crippen molar-refractivity contribution in [3.8, 4) is 0 Å². The molecule has 0 aromatic carbocycles. The van der Waals surface area contributed by atoms with Crippen LogP contribution in [0, 0.1) is 5.41 Å². The molecule has 2 unspecified atom stereocenters. The van der Waals surface area contributed by atoms with Crippen molar-refractivity contribution in [2.75, 3.05) is 19.6 Å². The van der Waals surface area contributed by atoms with Crippen molar-refractivity contribution in [2.24, 2.45) is 5.41 Å². The third-order valence-corrected chi connectivity index (χ3v) is 5.14. The van der Waals surface area contributed by atoms with Gasteiger partial charge in [-0.05, 0) is 52.0 Å². The fraction of sp³-hybridized carbons (Fsp3) is 0.875. The quantitative estimate of drug-likeness (QED) is 0.832. The summed E-state index contributed by atoms with van der Waals surface area (Å²) in [5.74, 6) is -0.660. The number of aliphatic carboxylic acids is 1. The van der Waals surface area contributed by atoms with E-state index in [9.17, 15) is 14.7 Å². The van der Waals surface area contributed by atoms with E-state index in [0.717, 1.165) is 38.6 Å². The van der Waals surface area contributed by atoms with Gasteiger partial charge < -0.3 is 15.3 Å². The molecule has 1 amide bonds. The summed E-state index contributed by atoms with van der Waals surface area (Å²) >= 11 is 0. The number of rotatable bonds is 4. The molecule has 5 heteroatoms. The number of likely N-dealkylation sites (tertiary alicyclic amines) is 1. The van der Waals surface area contributed by atoms with E-state index in [4.69, 9.17) is 0 Å². The number of carboxylic acids is 1. The average Bonchev–Trinajstić information content (AvgIpc) is 2.47. The first-order valence-corrected chi connectivity index (χ1v) is 8.21. The number of amides is 1. The summed E-state index contributed by atoms with van der Waals surface area (Å²) in [6, 6.07) is 0. The number of carboxylic acid groups (broad SMARTS) is 1. The van der Waals surface area contributed by atoms with Gasteiger partial charge in [0.25, 0.3) is 0 Å². The van der Waals surface area contributed by atoms with Crippen LogP contribution >= 0.6 is 0 Å². The molecule has 0 bridgehead atoms. The zero-order valence-corrected chi connectivity index (χ0v) is 13.3. The maximum Gasteiger partial charge on any atom is 0.311 e. The minimum atomic E-state index is -0.747. The van der Waals surface area contributed by atoms with Crippen molar-refractivity contribution < 1.29 is 14.7 Å². The second kappa shape index (κ2) is 6.34. The van der Waals surface area contributed by atoms with E-state index >= 15 is 0 Å². The zero-order valence-electron chi connectivity index (χ0n) is 13.3. The predicted molar refractivity (Wildman–Crippen MR) is 81.0 cm³/mol. The van der Waals surface area contributed by atoms with E-state index in [1.54, 1.807) is 4.90 Å². The summed E-state index contributed by atoms with van der Waals surface area (Å²) in [7, 11) is 0. The van der Waals surface area contributed by atoms with Crippen molar-refractivity contribution in [3.63, 3.8) is 0 Å². The minimum Gasteiger partial charge on any atom is -0.481 e. The van der Waals surface area contributed by atoms with Gasteiger partial charge in [-0.1, -0.05) is 13.3 Å². The van der Waals surface area contributed by atoms with E-state index < -0.39 is 16.9 Å². The predicted octanol–water partition coefficient (Wildman–Crippen LogP) is 2.01. The van der Waals surface area contributed by atoms with E-state index in [0.29, 0.717) is 25.9 Å². The molecule has 2 aliphatic rings. The lowest BCUT2D eigenvalue weighted by Gasteiger charge is -2.44. The van der Waals surface area contributed by atoms with Crippen LogP contribution in [0.25, 0.3) is 0 Å². The van der Waals surface area contributed by atoms with Crippen LogP contribution in [0.15, 0.2) is 0 Å². The second-order valence-corrected chi connectivity index (χ2v) is 6.88.